The maximum Gasteiger partial charge on any atom is 0.0473 e. The van der Waals surface area contributed by atoms with Crippen LogP contribution in [0.15, 0.2) is 24.3 Å². The largest absolute Gasteiger partial charge is 0.321 e. The van der Waals surface area contributed by atoms with Gasteiger partial charge < -0.3 is 5.73 Å². The lowest BCUT2D eigenvalue weighted by atomic mass is 10.0. The van der Waals surface area contributed by atoms with Crippen LogP contribution in [0.4, 0.5) is 0 Å². The number of benzene rings is 1. The zero-order valence-electron chi connectivity index (χ0n) is 9.37. The highest BCUT2D eigenvalue weighted by atomic mass is 14.9. The van der Waals surface area contributed by atoms with E-state index in [0.717, 1.165) is 11.8 Å². The normalized spacial score (nSPS) is 38.5. The van der Waals surface area contributed by atoms with E-state index in [2.05, 4.69) is 31.2 Å². The second-order valence-corrected chi connectivity index (χ2v) is 5.30. The quantitative estimate of drug-likeness (QED) is 0.742. The van der Waals surface area contributed by atoms with E-state index in [1.54, 1.807) is 0 Å². The Morgan fingerprint density at radius 1 is 1.07 bits per heavy atom. The molecule has 0 bridgehead atoms. The van der Waals surface area contributed by atoms with Gasteiger partial charge in [0, 0.05) is 5.54 Å². The van der Waals surface area contributed by atoms with Gasteiger partial charge >= 0.3 is 0 Å². The molecule has 1 nitrogen and oxygen atoms in total. The van der Waals surface area contributed by atoms with Gasteiger partial charge in [0.1, 0.15) is 0 Å². The molecule has 2 unspecified atom stereocenters. The van der Waals surface area contributed by atoms with Gasteiger partial charge in [0.15, 0.2) is 0 Å². The average Bonchev–Trinajstić information content (AvgIpc) is 2.88. The average molecular weight is 201 g/mol. The fraction of sp³-hybridized carbons (Fsp3) is 0.571. The van der Waals surface area contributed by atoms with Gasteiger partial charge in [0.05, 0.1) is 0 Å². The van der Waals surface area contributed by atoms with Crippen LogP contribution in [0.3, 0.4) is 0 Å². The Bertz CT molecular complexity index is 353. The van der Waals surface area contributed by atoms with Gasteiger partial charge in [-0.2, -0.15) is 0 Å². The molecule has 0 aromatic heterocycles. The van der Waals surface area contributed by atoms with E-state index >= 15 is 0 Å². The summed E-state index contributed by atoms with van der Waals surface area (Å²) in [5, 5.41) is 0. The van der Waals surface area contributed by atoms with Crippen LogP contribution in [0.5, 0.6) is 0 Å². The SMILES string of the molecule is Cc1ccc(C2(N)C3CCCCC32)cc1. The molecular formula is C14H19N. The lowest BCUT2D eigenvalue weighted by molar-refractivity contribution is 0.480. The standard InChI is InChI=1S/C14H19N/c1-10-6-8-11(9-7-10)14(15)12-4-2-3-5-13(12)14/h6-9,12-13H,2-5,15H2,1H3. The van der Waals surface area contributed by atoms with Crippen molar-refractivity contribution in [3.8, 4) is 0 Å². The topological polar surface area (TPSA) is 26.0 Å². The molecule has 2 aliphatic rings. The van der Waals surface area contributed by atoms with E-state index in [1.165, 1.54) is 36.8 Å². The van der Waals surface area contributed by atoms with Crippen molar-refractivity contribution < 1.29 is 0 Å². The first kappa shape index (κ1) is 9.41. The lowest BCUT2D eigenvalue weighted by Crippen LogP contribution is -2.23. The van der Waals surface area contributed by atoms with E-state index in [0.29, 0.717) is 0 Å². The van der Waals surface area contributed by atoms with Crippen LogP contribution >= 0.6 is 0 Å². The van der Waals surface area contributed by atoms with E-state index in [1.807, 2.05) is 0 Å². The van der Waals surface area contributed by atoms with Crippen molar-refractivity contribution in [2.75, 3.05) is 0 Å². The summed E-state index contributed by atoms with van der Waals surface area (Å²) in [7, 11) is 0. The third kappa shape index (κ3) is 1.26. The zero-order chi connectivity index (χ0) is 10.5. The highest BCUT2D eigenvalue weighted by Gasteiger charge is 2.62. The number of nitrogens with two attached hydrogens (primary N) is 1. The predicted octanol–water partition coefficient (Wildman–Crippen LogP) is 2.97. The molecule has 3 rings (SSSR count). The van der Waals surface area contributed by atoms with Gasteiger partial charge in [-0.3, -0.25) is 0 Å². The van der Waals surface area contributed by atoms with E-state index < -0.39 is 0 Å². The summed E-state index contributed by atoms with van der Waals surface area (Å²) < 4.78 is 0. The number of hydrogen-bond donors (Lipinski definition) is 1. The van der Waals surface area contributed by atoms with Crippen molar-refractivity contribution in [2.24, 2.45) is 17.6 Å². The Labute approximate surface area is 91.7 Å². The van der Waals surface area contributed by atoms with Gasteiger partial charge in [0.2, 0.25) is 0 Å². The first-order chi connectivity index (χ1) is 7.23. The summed E-state index contributed by atoms with van der Waals surface area (Å²) in [6.07, 6.45) is 5.45. The lowest BCUT2D eigenvalue weighted by Gasteiger charge is -2.12. The van der Waals surface area contributed by atoms with Crippen molar-refractivity contribution >= 4 is 0 Å². The minimum Gasteiger partial charge on any atom is -0.321 e. The smallest absolute Gasteiger partial charge is 0.0473 e. The molecule has 0 saturated heterocycles. The van der Waals surface area contributed by atoms with Crippen LogP contribution < -0.4 is 5.73 Å². The third-order valence-corrected chi connectivity index (χ3v) is 4.44. The molecule has 2 fully saturated rings. The second kappa shape index (κ2) is 3.08. The molecule has 2 N–H and O–H groups in total. The van der Waals surface area contributed by atoms with Gasteiger partial charge in [-0.1, -0.05) is 42.7 Å². The van der Waals surface area contributed by atoms with Crippen LogP contribution in [0.2, 0.25) is 0 Å². The van der Waals surface area contributed by atoms with Crippen molar-refractivity contribution in [1.82, 2.24) is 0 Å². The van der Waals surface area contributed by atoms with Crippen LogP contribution in [-0.4, -0.2) is 0 Å². The van der Waals surface area contributed by atoms with Crippen molar-refractivity contribution in [3.05, 3.63) is 35.4 Å². The minimum atomic E-state index is 0.0319. The Balaban J connectivity index is 1.91. The maximum absolute atomic E-state index is 6.57. The van der Waals surface area contributed by atoms with Crippen molar-refractivity contribution in [2.45, 2.75) is 38.1 Å². The molecule has 0 amide bonds. The van der Waals surface area contributed by atoms with Gasteiger partial charge in [-0.25, -0.2) is 0 Å². The molecule has 0 radical (unpaired) electrons. The first-order valence-corrected chi connectivity index (χ1v) is 6.09. The summed E-state index contributed by atoms with van der Waals surface area (Å²) in [4.78, 5) is 0. The molecule has 0 aliphatic heterocycles. The number of aryl methyl sites for hydroxylation is 1. The molecule has 2 atom stereocenters. The van der Waals surface area contributed by atoms with Gasteiger partial charge in [-0.05, 0) is 37.2 Å². The van der Waals surface area contributed by atoms with Gasteiger partial charge in [-0.15, -0.1) is 0 Å². The number of rotatable bonds is 1. The van der Waals surface area contributed by atoms with E-state index in [4.69, 9.17) is 5.73 Å². The van der Waals surface area contributed by atoms with Crippen LogP contribution in [0.1, 0.15) is 36.8 Å². The molecular weight excluding hydrogens is 182 g/mol. The first-order valence-electron chi connectivity index (χ1n) is 6.09. The second-order valence-electron chi connectivity index (χ2n) is 5.30. The number of hydrogen-bond acceptors (Lipinski definition) is 1. The monoisotopic (exact) mass is 201 g/mol. The molecule has 80 valence electrons. The van der Waals surface area contributed by atoms with Crippen molar-refractivity contribution in [3.63, 3.8) is 0 Å². The molecule has 0 spiro atoms. The summed E-state index contributed by atoms with van der Waals surface area (Å²) in [5.41, 5.74) is 9.29. The Hall–Kier alpha value is -0.820. The highest BCUT2D eigenvalue weighted by Crippen LogP contribution is 2.62. The van der Waals surface area contributed by atoms with E-state index in [-0.39, 0.29) is 5.54 Å². The Morgan fingerprint density at radius 2 is 1.60 bits per heavy atom. The summed E-state index contributed by atoms with van der Waals surface area (Å²) in [5.74, 6) is 1.54. The van der Waals surface area contributed by atoms with Crippen LogP contribution in [0, 0.1) is 18.8 Å². The molecule has 0 heterocycles. The fourth-order valence-electron chi connectivity index (χ4n) is 3.44. The highest BCUT2D eigenvalue weighted by molar-refractivity contribution is 5.36. The Kier molecular flexibility index (Phi) is 1.93. The summed E-state index contributed by atoms with van der Waals surface area (Å²) in [6.45, 7) is 2.13. The molecule has 1 aromatic carbocycles. The molecule has 15 heavy (non-hydrogen) atoms. The molecule has 2 saturated carbocycles. The van der Waals surface area contributed by atoms with E-state index in [9.17, 15) is 0 Å². The van der Waals surface area contributed by atoms with Gasteiger partial charge in [0.25, 0.3) is 0 Å². The third-order valence-electron chi connectivity index (χ3n) is 4.44. The van der Waals surface area contributed by atoms with Crippen LogP contribution in [-0.2, 0) is 5.54 Å². The maximum atomic E-state index is 6.57. The van der Waals surface area contributed by atoms with Crippen molar-refractivity contribution in [1.29, 1.82) is 0 Å². The summed E-state index contributed by atoms with van der Waals surface area (Å²) in [6, 6.07) is 8.84. The minimum absolute atomic E-state index is 0.0319. The molecule has 1 aromatic rings. The zero-order valence-corrected chi connectivity index (χ0v) is 9.37. The molecule has 2 aliphatic carbocycles. The molecule has 1 heteroatoms. The Morgan fingerprint density at radius 3 is 2.13 bits per heavy atom. The van der Waals surface area contributed by atoms with Crippen LogP contribution in [0.25, 0.3) is 0 Å². The predicted molar refractivity (Wildman–Crippen MR) is 62.5 cm³/mol. The fourth-order valence-corrected chi connectivity index (χ4v) is 3.44. The summed E-state index contributed by atoms with van der Waals surface area (Å²) >= 11 is 0. The number of fused-ring (bicyclic) bond motifs is 1.